The second-order valence-corrected chi connectivity index (χ2v) is 13.3. The summed E-state index contributed by atoms with van der Waals surface area (Å²) in [5.41, 5.74) is -1.20. The van der Waals surface area contributed by atoms with Crippen molar-refractivity contribution >= 4 is 27.5 Å². The van der Waals surface area contributed by atoms with Gasteiger partial charge in [0.25, 0.3) is 15.9 Å². The number of aliphatic hydroxyl groups is 2. The molecule has 2 aromatic carbocycles. The molecule has 4 atom stereocenters. The number of hydrogen-bond donors (Lipinski definition) is 4. The molecule has 3 aliphatic carbocycles. The first-order valence-electron chi connectivity index (χ1n) is 12.8. The third-order valence-corrected chi connectivity index (χ3v) is 10.7. The van der Waals surface area contributed by atoms with E-state index >= 15 is 0 Å². The molecule has 0 aromatic heterocycles. The number of ether oxygens (including phenoxy) is 1. The number of piperidine rings is 1. The number of aromatic hydroxyl groups is 1. The van der Waals surface area contributed by atoms with Gasteiger partial charge < -0.3 is 20.1 Å². The summed E-state index contributed by atoms with van der Waals surface area (Å²) in [5, 5.41) is 35.0. The van der Waals surface area contributed by atoms with E-state index in [2.05, 4.69) is 4.90 Å². The van der Waals surface area contributed by atoms with Gasteiger partial charge in [-0.3, -0.25) is 9.69 Å². The number of benzene rings is 2. The summed E-state index contributed by atoms with van der Waals surface area (Å²) in [4.78, 5) is 15.5. The lowest BCUT2D eigenvalue weighted by Gasteiger charge is -2.62. The van der Waals surface area contributed by atoms with Gasteiger partial charge in [-0.25, -0.2) is 13.1 Å². The smallest absolute Gasteiger partial charge is 0.264 e. The number of aliphatic hydroxyl groups excluding tert-OH is 1. The quantitative estimate of drug-likeness (QED) is 0.439. The Bertz CT molecular complexity index is 1520. The highest BCUT2D eigenvalue weighted by Gasteiger charge is 2.73. The molecule has 5 aliphatic rings. The lowest BCUT2D eigenvalue weighted by Crippen LogP contribution is -2.75. The zero-order valence-corrected chi connectivity index (χ0v) is 21.9. The second-order valence-electron chi connectivity index (χ2n) is 11.2. The van der Waals surface area contributed by atoms with E-state index < -0.39 is 38.8 Å². The number of halogens is 1. The summed E-state index contributed by atoms with van der Waals surface area (Å²) in [6.45, 7) is 1.51. The van der Waals surface area contributed by atoms with Crippen LogP contribution in [0.3, 0.4) is 0 Å². The van der Waals surface area contributed by atoms with Crippen molar-refractivity contribution in [2.75, 3.05) is 13.1 Å². The SMILES string of the molecule is O=C(NS(=O)(=O)c1ccc(Cl)cc1)C1=C(O)[C@@H]2Oc3c(O)ccc4c3[C@@]23CCN(CC2CC2)[C@H](C4)[C@]3(O)C1. The van der Waals surface area contributed by atoms with Gasteiger partial charge in [-0.1, -0.05) is 17.7 Å². The van der Waals surface area contributed by atoms with Crippen molar-refractivity contribution in [1.29, 1.82) is 0 Å². The number of carbonyl (C=O) groups excluding carboxylic acids is 1. The van der Waals surface area contributed by atoms with Crippen molar-refractivity contribution < 1.29 is 33.3 Å². The Morgan fingerprint density at radius 1 is 1.16 bits per heavy atom. The standard InChI is InChI=1S/C27H27ClN2O7S/c28-16-4-6-17(7-5-16)38(35,36)29-25(33)18-12-27(34)20-11-15-3-8-19(31)23-21(15)26(27,24(37-23)22(18)32)9-10-30(20)13-14-1-2-14/h3-8,14,20,24,31-32,34H,1-2,9-13H2,(H,29,33)/t20-,24+,26+,27-/m1/s1. The molecule has 2 bridgehead atoms. The van der Waals surface area contributed by atoms with E-state index in [0.717, 1.165) is 24.9 Å². The summed E-state index contributed by atoms with van der Waals surface area (Å²) in [7, 11) is -4.28. The monoisotopic (exact) mass is 558 g/mol. The van der Waals surface area contributed by atoms with E-state index in [1.807, 2.05) is 10.8 Å². The van der Waals surface area contributed by atoms with Crippen LogP contribution in [0.1, 0.15) is 36.8 Å². The molecule has 0 radical (unpaired) electrons. The lowest BCUT2D eigenvalue weighted by molar-refractivity contribution is -0.172. The van der Waals surface area contributed by atoms with Crippen molar-refractivity contribution in [2.45, 2.75) is 60.2 Å². The summed E-state index contributed by atoms with van der Waals surface area (Å²) in [6, 6.07) is 8.38. The molecule has 4 N–H and O–H groups in total. The Kier molecular flexibility index (Phi) is 5.03. The van der Waals surface area contributed by atoms with Gasteiger partial charge in [-0.2, -0.15) is 0 Å². The Hall–Kier alpha value is -2.79. The Morgan fingerprint density at radius 3 is 2.61 bits per heavy atom. The largest absolute Gasteiger partial charge is 0.508 e. The van der Waals surface area contributed by atoms with Crippen molar-refractivity contribution in [3.63, 3.8) is 0 Å². The fraction of sp³-hybridized carbons (Fsp3) is 0.444. The van der Waals surface area contributed by atoms with E-state index in [1.54, 1.807) is 6.07 Å². The molecule has 2 fully saturated rings. The normalized spacial score (nSPS) is 31.5. The summed E-state index contributed by atoms with van der Waals surface area (Å²) >= 11 is 5.87. The molecule has 1 spiro atoms. The maximum atomic E-state index is 13.4. The highest BCUT2D eigenvalue weighted by Crippen LogP contribution is 2.66. The highest BCUT2D eigenvalue weighted by molar-refractivity contribution is 7.90. The minimum Gasteiger partial charge on any atom is -0.508 e. The third-order valence-electron chi connectivity index (χ3n) is 9.14. The fourth-order valence-electron chi connectivity index (χ4n) is 7.22. The Labute approximate surface area is 224 Å². The van der Waals surface area contributed by atoms with Gasteiger partial charge in [0, 0.05) is 29.6 Å². The molecule has 1 saturated carbocycles. The predicted octanol–water partition coefficient (Wildman–Crippen LogP) is 2.54. The van der Waals surface area contributed by atoms with Crippen LogP contribution in [0.5, 0.6) is 11.5 Å². The van der Waals surface area contributed by atoms with Crippen LogP contribution in [-0.4, -0.2) is 65.4 Å². The zero-order chi connectivity index (χ0) is 26.6. The first-order valence-corrected chi connectivity index (χ1v) is 14.6. The lowest BCUT2D eigenvalue weighted by atomic mass is 9.49. The number of amides is 1. The number of phenols is 1. The van der Waals surface area contributed by atoms with Crippen molar-refractivity contribution in [2.24, 2.45) is 5.92 Å². The molecule has 200 valence electrons. The van der Waals surface area contributed by atoms with Gasteiger partial charge in [0.05, 0.1) is 21.5 Å². The highest BCUT2D eigenvalue weighted by atomic mass is 35.5. The molecular weight excluding hydrogens is 532 g/mol. The van der Waals surface area contributed by atoms with Gasteiger partial charge in [0.1, 0.15) is 5.76 Å². The number of rotatable bonds is 5. The average Bonchev–Trinajstić information content (AvgIpc) is 3.61. The first kappa shape index (κ1) is 24.3. The number of carbonyl (C=O) groups is 1. The molecule has 2 aromatic rings. The maximum Gasteiger partial charge on any atom is 0.264 e. The van der Waals surface area contributed by atoms with Crippen LogP contribution in [0.4, 0.5) is 0 Å². The molecule has 11 heteroatoms. The zero-order valence-electron chi connectivity index (χ0n) is 20.4. The van der Waals surface area contributed by atoms with Crippen LogP contribution in [0.25, 0.3) is 0 Å². The van der Waals surface area contributed by atoms with Crippen LogP contribution in [0, 0.1) is 5.92 Å². The second kappa shape index (κ2) is 7.88. The maximum absolute atomic E-state index is 13.4. The minimum absolute atomic E-state index is 0.0992. The van der Waals surface area contributed by atoms with Gasteiger partial charge in [0.15, 0.2) is 17.6 Å². The third kappa shape index (κ3) is 3.17. The number of hydrogen-bond acceptors (Lipinski definition) is 8. The van der Waals surface area contributed by atoms with E-state index in [1.165, 1.54) is 24.3 Å². The van der Waals surface area contributed by atoms with E-state index in [4.69, 9.17) is 16.3 Å². The van der Waals surface area contributed by atoms with Gasteiger partial charge >= 0.3 is 0 Å². The molecule has 38 heavy (non-hydrogen) atoms. The van der Waals surface area contributed by atoms with Crippen molar-refractivity contribution in [3.8, 4) is 11.5 Å². The van der Waals surface area contributed by atoms with E-state index in [-0.39, 0.29) is 34.4 Å². The summed E-state index contributed by atoms with van der Waals surface area (Å²) in [6.07, 6.45) is 1.86. The van der Waals surface area contributed by atoms with E-state index in [9.17, 15) is 28.5 Å². The Balaban J connectivity index is 1.33. The van der Waals surface area contributed by atoms with Crippen LogP contribution in [0.15, 0.2) is 52.6 Å². The molecule has 9 nitrogen and oxygen atoms in total. The summed E-state index contributed by atoms with van der Waals surface area (Å²) < 4.78 is 34.1. The number of sulfonamides is 1. The van der Waals surface area contributed by atoms with Gasteiger partial charge in [-0.05, 0) is 74.0 Å². The van der Waals surface area contributed by atoms with Crippen LogP contribution < -0.4 is 9.46 Å². The molecule has 2 heterocycles. The minimum atomic E-state index is -4.28. The van der Waals surface area contributed by atoms with Crippen LogP contribution >= 0.6 is 11.6 Å². The topological polar surface area (TPSA) is 136 Å². The molecule has 0 unspecified atom stereocenters. The number of nitrogens with one attached hydrogen (secondary N) is 1. The van der Waals surface area contributed by atoms with Gasteiger partial charge in [0.2, 0.25) is 0 Å². The number of likely N-dealkylation sites (tertiary alicyclic amines) is 1. The van der Waals surface area contributed by atoms with Crippen LogP contribution in [-0.2, 0) is 26.7 Å². The molecule has 1 saturated heterocycles. The first-order chi connectivity index (χ1) is 18.0. The molecule has 2 aliphatic heterocycles. The van der Waals surface area contributed by atoms with E-state index in [0.29, 0.717) is 35.9 Å². The van der Waals surface area contributed by atoms with Crippen LogP contribution in [0.2, 0.25) is 5.02 Å². The van der Waals surface area contributed by atoms with Crippen molar-refractivity contribution in [1.82, 2.24) is 9.62 Å². The molecular formula is C27H27ClN2O7S. The van der Waals surface area contributed by atoms with Crippen molar-refractivity contribution in [3.05, 3.63) is 63.9 Å². The fourth-order valence-corrected chi connectivity index (χ4v) is 8.33. The molecule has 1 amide bonds. The predicted molar refractivity (Wildman–Crippen MR) is 137 cm³/mol. The average molecular weight is 559 g/mol. The summed E-state index contributed by atoms with van der Waals surface area (Å²) in [5.74, 6) is -0.766. The van der Waals surface area contributed by atoms with Gasteiger partial charge in [-0.15, -0.1) is 0 Å². The number of phenolic OH excluding ortho intramolecular Hbond substituents is 1. The molecule has 7 rings (SSSR count). The number of nitrogens with zero attached hydrogens (tertiary/aromatic N) is 1. The Morgan fingerprint density at radius 2 is 1.89 bits per heavy atom.